The predicted octanol–water partition coefficient (Wildman–Crippen LogP) is 6.68. The van der Waals surface area contributed by atoms with Crippen molar-refractivity contribution in [3.05, 3.63) is 106 Å². The number of carbonyl (C=O) groups excluding carboxylic acids is 1. The minimum Gasteiger partial charge on any atom is -0.336 e. The molecule has 0 spiro atoms. The molecule has 35 heavy (non-hydrogen) atoms. The summed E-state index contributed by atoms with van der Waals surface area (Å²) in [6.07, 6.45) is 4.33. The van der Waals surface area contributed by atoms with Crippen molar-refractivity contribution < 1.29 is 4.79 Å². The van der Waals surface area contributed by atoms with Gasteiger partial charge >= 0.3 is 0 Å². The van der Waals surface area contributed by atoms with E-state index in [0.29, 0.717) is 34.4 Å². The van der Waals surface area contributed by atoms with E-state index in [-0.39, 0.29) is 5.91 Å². The van der Waals surface area contributed by atoms with Gasteiger partial charge in [-0.05, 0) is 29.8 Å². The molecule has 1 aliphatic rings. The second-order valence-electron chi connectivity index (χ2n) is 8.61. The molecule has 176 valence electrons. The highest BCUT2D eigenvalue weighted by atomic mass is 35.5. The smallest absolute Gasteiger partial charge is 0.254 e. The Kier molecular flexibility index (Phi) is 7.14. The topological polar surface area (TPSA) is 36.4 Å². The van der Waals surface area contributed by atoms with Crippen molar-refractivity contribution in [1.29, 1.82) is 0 Å². The van der Waals surface area contributed by atoms with E-state index >= 15 is 0 Å². The van der Waals surface area contributed by atoms with Crippen LogP contribution in [0.2, 0.25) is 10.0 Å². The molecule has 0 bridgehead atoms. The van der Waals surface area contributed by atoms with Crippen LogP contribution in [0.25, 0.3) is 28.2 Å². The minimum absolute atomic E-state index is 0.0318. The Morgan fingerprint density at radius 1 is 0.857 bits per heavy atom. The molecule has 0 radical (unpaired) electrons. The van der Waals surface area contributed by atoms with Crippen molar-refractivity contribution in [2.24, 2.45) is 0 Å². The third-order valence-electron chi connectivity index (χ3n) is 6.29. The van der Waals surface area contributed by atoms with Gasteiger partial charge in [-0.3, -0.25) is 9.69 Å². The van der Waals surface area contributed by atoms with E-state index in [1.807, 2.05) is 59.5 Å². The van der Waals surface area contributed by atoms with Crippen LogP contribution in [0, 0.1) is 0 Å². The zero-order valence-electron chi connectivity index (χ0n) is 19.2. The fourth-order valence-electron chi connectivity index (χ4n) is 4.36. The van der Waals surface area contributed by atoms with Crippen molar-refractivity contribution in [3.8, 4) is 11.3 Å². The van der Waals surface area contributed by atoms with Crippen LogP contribution in [0.15, 0.2) is 84.9 Å². The largest absolute Gasteiger partial charge is 0.336 e. The number of halogens is 2. The van der Waals surface area contributed by atoms with Crippen molar-refractivity contribution in [3.63, 3.8) is 0 Å². The van der Waals surface area contributed by atoms with Gasteiger partial charge in [0.1, 0.15) is 0 Å². The molecular formula is C29H25Cl2N3O. The zero-order chi connectivity index (χ0) is 24.2. The van der Waals surface area contributed by atoms with E-state index in [1.165, 1.54) is 5.56 Å². The van der Waals surface area contributed by atoms with Crippen molar-refractivity contribution in [2.75, 3.05) is 32.7 Å². The summed E-state index contributed by atoms with van der Waals surface area (Å²) in [6.45, 7) is 3.94. The number of hydrogen-bond acceptors (Lipinski definition) is 3. The molecule has 1 aromatic heterocycles. The molecule has 1 saturated heterocycles. The van der Waals surface area contributed by atoms with Gasteiger partial charge < -0.3 is 4.90 Å². The van der Waals surface area contributed by atoms with Gasteiger partial charge in [0.2, 0.25) is 0 Å². The van der Waals surface area contributed by atoms with Gasteiger partial charge in [0.05, 0.1) is 26.8 Å². The van der Waals surface area contributed by atoms with Crippen LogP contribution in [-0.4, -0.2) is 53.4 Å². The molecule has 0 aliphatic carbocycles. The molecular weight excluding hydrogens is 477 g/mol. The molecule has 1 aliphatic heterocycles. The van der Waals surface area contributed by atoms with Crippen LogP contribution in [0.3, 0.4) is 0 Å². The standard InChI is InChI=1S/C29H25Cl2N3O/c30-25-13-12-22(19-26(25)31)28-20-24(23-10-4-5-11-27(23)32-28)29(35)34-17-15-33(16-18-34)14-6-9-21-7-2-1-3-8-21/h1-13,19-20H,14-18H2. The molecule has 2 heterocycles. The summed E-state index contributed by atoms with van der Waals surface area (Å²) in [4.78, 5) is 22.7. The number of benzene rings is 3. The van der Waals surface area contributed by atoms with Gasteiger partial charge in [0.25, 0.3) is 5.91 Å². The average molecular weight is 502 g/mol. The lowest BCUT2D eigenvalue weighted by atomic mass is 10.0. The minimum atomic E-state index is 0.0318. The second-order valence-corrected chi connectivity index (χ2v) is 9.42. The van der Waals surface area contributed by atoms with E-state index in [1.54, 1.807) is 12.1 Å². The van der Waals surface area contributed by atoms with Gasteiger partial charge in [0, 0.05) is 43.7 Å². The summed E-state index contributed by atoms with van der Waals surface area (Å²) in [6, 6.07) is 25.4. The van der Waals surface area contributed by atoms with E-state index in [4.69, 9.17) is 28.2 Å². The number of pyridine rings is 1. The second kappa shape index (κ2) is 10.6. The first-order valence-electron chi connectivity index (χ1n) is 11.7. The molecule has 0 saturated carbocycles. The number of carbonyl (C=O) groups is 1. The van der Waals surface area contributed by atoms with Gasteiger partial charge in [-0.15, -0.1) is 0 Å². The highest BCUT2D eigenvalue weighted by Crippen LogP contribution is 2.30. The van der Waals surface area contributed by atoms with Crippen LogP contribution in [0.4, 0.5) is 0 Å². The Labute approximate surface area is 215 Å². The van der Waals surface area contributed by atoms with Gasteiger partial charge in [-0.1, -0.05) is 90.0 Å². The molecule has 1 fully saturated rings. The highest BCUT2D eigenvalue weighted by molar-refractivity contribution is 6.42. The van der Waals surface area contributed by atoms with E-state index < -0.39 is 0 Å². The Balaban J connectivity index is 1.33. The van der Waals surface area contributed by atoms with E-state index in [2.05, 4.69) is 29.2 Å². The van der Waals surface area contributed by atoms with Crippen LogP contribution < -0.4 is 0 Å². The molecule has 3 aromatic carbocycles. The summed E-state index contributed by atoms with van der Waals surface area (Å²) in [7, 11) is 0. The lowest BCUT2D eigenvalue weighted by molar-refractivity contribution is 0.0652. The SMILES string of the molecule is O=C(c1cc(-c2ccc(Cl)c(Cl)c2)nc2ccccc12)N1CCN(CC=Cc2ccccc2)CC1. The van der Waals surface area contributed by atoms with Gasteiger partial charge in [0.15, 0.2) is 0 Å². The Morgan fingerprint density at radius 2 is 1.60 bits per heavy atom. The zero-order valence-corrected chi connectivity index (χ0v) is 20.7. The highest BCUT2D eigenvalue weighted by Gasteiger charge is 2.24. The van der Waals surface area contributed by atoms with Crippen LogP contribution in [0.5, 0.6) is 0 Å². The first kappa shape index (κ1) is 23.6. The number of fused-ring (bicyclic) bond motifs is 1. The van der Waals surface area contributed by atoms with Crippen LogP contribution in [0.1, 0.15) is 15.9 Å². The first-order chi connectivity index (χ1) is 17.1. The number of piperazine rings is 1. The normalized spacial score (nSPS) is 14.6. The number of rotatable bonds is 5. The molecule has 0 N–H and O–H groups in total. The maximum absolute atomic E-state index is 13.6. The number of aromatic nitrogens is 1. The molecule has 4 aromatic rings. The molecule has 6 heteroatoms. The third kappa shape index (κ3) is 5.40. The lowest BCUT2D eigenvalue weighted by Crippen LogP contribution is -2.48. The summed E-state index contributed by atoms with van der Waals surface area (Å²) in [5, 5.41) is 1.81. The van der Waals surface area contributed by atoms with Crippen molar-refractivity contribution in [1.82, 2.24) is 14.8 Å². The maximum atomic E-state index is 13.6. The predicted molar refractivity (Wildman–Crippen MR) is 145 cm³/mol. The average Bonchev–Trinajstić information content (AvgIpc) is 2.90. The monoisotopic (exact) mass is 501 g/mol. The molecule has 0 unspecified atom stereocenters. The molecule has 1 amide bonds. The van der Waals surface area contributed by atoms with Gasteiger partial charge in [-0.25, -0.2) is 4.98 Å². The summed E-state index contributed by atoms with van der Waals surface area (Å²) in [5.41, 5.74) is 4.17. The number of nitrogens with zero attached hydrogens (tertiary/aromatic N) is 3. The third-order valence-corrected chi connectivity index (χ3v) is 7.03. The Hall–Kier alpha value is -3.18. The number of hydrogen-bond donors (Lipinski definition) is 0. The fraction of sp³-hybridized carbons (Fsp3) is 0.172. The first-order valence-corrected chi connectivity index (χ1v) is 12.4. The summed E-state index contributed by atoms with van der Waals surface area (Å²) < 4.78 is 0. The number of amides is 1. The van der Waals surface area contributed by atoms with E-state index in [0.717, 1.165) is 36.1 Å². The molecule has 5 rings (SSSR count). The van der Waals surface area contributed by atoms with Crippen LogP contribution >= 0.6 is 23.2 Å². The van der Waals surface area contributed by atoms with Crippen molar-refractivity contribution in [2.45, 2.75) is 0 Å². The fourth-order valence-corrected chi connectivity index (χ4v) is 4.66. The Morgan fingerprint density at radius 3 is 2.37 bits per heavy atom. The summed E-state index contributed by atoms with van der Waals surface area (Å²) in [5.74, 6) is 0.0318. The number of para-hydroxylation sites is 1. The quantitative estimate of drug-likeness (QED) is 0.306. The van der Waals surface area contributed by atoms with Crippen molar-refractivity contribution >= 4 is 46.1 Å². The molecule has 0 atom stereocenters. The summed E-state index contributed by atoms with van der Waals surface area (Å²) >= 11 is 12.3. The van der Waals surface area contributed by atoms with E-state index in [9.17, 15) is 4.79 Å². The Bertz CT molecular complexity index is 1380. The van der Waals surface area contributed by atoms with Crippen LogP contribution in [-0.2, 0) is 0 Å². The maximum Gasteiger partial charge on any atom is 0.254 e. The molecule has 4 nitrogen and oxygen atoms in total. The lowest BCUT2D eigenvalue weighted by Gasteiger charge is -2.34. The van der Waals surface area contributed by atoms with Gasteiger partial charge in [-0.2, -0.15) is 0 Å².